The van der Waals surface area contributed by atoms with Gasteiger partial charge in [-0.2, -0.15) is 4.98 Å². The zero-order chi connectivity index (χ0) is 35.0. The van der Waals surface area contributed by atoms with Gasteiger partial charge in [-0.15, -0.1) is 0 Å². The van der Waals surface area contributed by atoms with Gasteiger partial charge in [-0.3, -0.25) is 14.2 Å². The molecule has 1 amide bonds. The minimum Gasteiger partial charge on any atom is -0.497 e. The smallest absolute Gasteiger partial charge is 0.351 e. The van der Waals surface area contributed by atoms with Gasteiger partial charge in [-0.25, -0.2) is 4.79 Å². The summed E-state index contributed by atoms with van der Waals surface area (Å²) >= 11 is 0. The van der Waals surface area contributed by atoms with Crippen molar-refractivity contribution in [2.24, 2.45) is 5.92 Å². The van der Waals surface area contributed by atoms with Gasteiger partial charge in [0, 0.05) is 26.0 Å². The van der Waals surface area contributed by atoms with Gasteiger partial charge in [-0.1, -0.05) is 54.6 Å². The van der Waals surface area contributed by atoms with E-state index in [-0.39, 0.29) is 24.9 Å². The van der Waals surface area contributed by atoms with Crippen LogP contribution in [0, 0.1) is 5.92 Å². The van der Waals surface area contributed by atoms with E-state index >= 15 is 0 Å². The summed E-state index contributed by atoms with van der Waals surface area (Å²) in [7, 11) is 3.21. The molecule has 0 spiro atoms. The summed E-state index contributed by atoms with van der Waals surface area (Å²) in [5, 5.41) is 14.3. The highest BCUT2D eigenvalue weighted by Gasteiger charge is 2.47. The molecule has 2 heterocycles. The molecule has 1 aliphatic rings. The van der Waals surface area contributed by atoms with Crippen LogP contribution in [0.5, 0.6) is 11.5 Å². The molecule has 0 unspecified atom stereocenters. The number of nitrogens with zero attached hydrogens (tertiary/aromatic N) is 2. The third-order valence-corrected chi connectivity index (χ3v) is 8.53. The normalized spacial score (nSPS) is 18.9. The number of methoxy groups -OCH3 is 2. The van der Waals surface area contributed by atoms with E-state index in [9.17, 15) is 19.5 Å². The molecular weight excluding hydrogens is 630 g/mol. The Morgan fingerprint density at radius 3 is 2.02 bits per heavy atom. The van der Waals surface area contributed by atoms with Crippen LogP contribution in [-0.4, -0.2) is 66.2 Å². The highest BCUT2D eigenvalue weighted by atomic mass is 16.6. The summed E-state index contributed by atoms with van der Waals surface area (Å²) < 4.78 is 30.7. The molecule has 258 valence electrons. The predicted octanol–water partition coefficient (Wildman–Crippen LogP) is 4.45. The lowest BCUT2D eigenvalue weighted by Gasteiger charge is -2.37. The number of amides is 1. The number of anilines is 1. The van der Waals surface area contributed by atoms with Crippen molar-refractivity contribution in [1.82, 2.24) is 9.55 Å². The van der Waals surface area contributed by atoms with Crippen LogP contribution in [0.4, 0.5) is 5.82 Å². The Morgan fingerprint density at radius 2 is 1.49 bits per heavy atom. The van der Waals surface area contributed by atoms with Gasteiger partial charge in [0.1, 0.15) is 35.2 Å². The molecule has 2 N–H and O–H groups in total. The van der Waals surface area contributed by atoms with Gasteiger partial charge in [0.05, 0.1) is 33.5 Å². The van der Waals surface area contributed by atoms with E-state index in [1.807, 2.05) is 78.9 Å². The first kappa shape index (κ1) is 35.3. The van der Waals surface area contributed by atoms with Gasteiger partial charge in [0.15, 0.2) is 0 Å². The lowest BCUT2D eigenvalue weighted by molar-refractivity contribution is -0.141. The van der Waals surface area contributed by atoms with Crippen LogP contribution >= 0.6 is 0 Å². The Balaban J connectivity index is 1.52. The van der Waals surface area contributed by atoms with E-state index in [4.69, 9.17) is 23.7 Å². The average Bonchev–Trinajstić information content (AvgIpc) is 3.41. The van der Waals surface area contributed by atoms with Crippen molar-refractivity contribution in [1.29, 1.82) is 0 Å². The fraction of sp³-hybridized carbons (Fsp3) is 0.351. The van der Waals surface area contributed by atoms with Crippen LogP contribution in [0.2, 0.25) is 0 Å². The van der Waals surface area contributed by atoms with Crippen molar-refractivity contribution in [3.05, 3.63) is 118 Å². The summed E-state index contributed by atoms with van der Waals surface area (Å²) in [4.78, 5) is 40.1. The van der Waals surface area contributed by atoms with Crippen molar-refractivity contribution in [2.45, 2.75) is 50.7 Å². The highest BCUT2D eigenvalue weighted by molar-refractivity contribution is 5.87. The van der Waals surface area contributed by atoms with Crippen LogP contribution in [0.3, 0.4) is 0 Å². The maximum Gasteiger partial charge on any atom is 0.351 e. The van der Waals surface area contributed by atoms with E-state index in [1.165, 1.54) is 30.7 Å². The van der Waals surface area contributed by atoms with E-state index in [1.54, 1.807) is 14.2 Å². The van der Waals surface area contributed by atoms with Crippen LogP contribution in [0.15, 0.2) is 95.9 Å². The summed E-state index contributed by atoms with van der Waals surface area (Å²) in [6.45, 7) is 2.72. The predicted molar refractivity (Wildman–Crippen MR) is 180 cm³/mol. The third kappa shape index (κ3) is 7.99. The Morgan fingerprint density at radius 1 is 0.898 bits per heavy atom. The molecule has 1 fully saturated rings. The van der Waals surface area contributed by atoms with Gasteiger partial charge in [0.2, 0.25) is 5.91 Å². The number of aromatic nitrogens is 2. The van der Waals surface area contributed by atoms with Crippen molar-refractivity contribution in [3.8, 4) is 11.5 Å². The standard InChI is InChI=1S/C37H41N3O9/c1-24(41)38-33-20-21-40(36(44)39-33)35-31(11-8-22-47-25(2)42)34(43)32(49-35)23-48-37(26-9-6-5-7-10-26,27-12-16-29(45-3)17-13-27)28-14-18-30(46-4)19-15-28/h5-7,9-10,12-21,31-32,34-35,43H,8,11,22-23H2,1-4H3,(H,38,39,41,44)/t31-,32-,34+,35-/m1/s1. The number of hydrogen-bond donors (Lipinski definition) is 2. The number of hydrogen-bond acceptors (Lipinski definition) is 10. The second kappa shape index (κ2) is 15.9. The fourth-order valence-electron chi connectivity index (χ4n) is 6.20. The Labute approximate surface area is 284 Å². The van der Waals surface area contributed by atoms with Crippen molar-refractivity contribution < 1.29 is 38.4 Å². The number of ether oxygens (including phenoxy) is 5. The molecule has 12 nitrogen and oxygen atoms in total. The lowest BCUT2D eigenvalue weighted by atomic mass is 9.80. The van der Waals surface area contributed by atoms with E-state index in [2.05, 4.69) is 10.3 Å². The molecule has 0 radical (unpaired) electrons. The molecule has 1 saturated heterocycles. The van der Waals surface area contributed by atoms with Gasteiger partial charge in [0.25, 0.3) is 0 Å². The highest BCUT2D eigenvalue weighted by Crippen LogP contribution is 2.44. The number of benzene rings is 3. The van der Waals surface area contributed by atoms with Gasteiger partial charge in [-0.05, 0) is 59.9 Å². The Kier molecular flexibility index (Phi) is 11.4. The number of aliphatic hydroxyl groups is 1. The van der Waals surface area contributed by atoms with Crippen molar-refractivity contribution in [2.75, 3.05) is 32.8 Å². The largest absolute Gasteiger partial charge is 0.497 e. The Hall–Kier alpha value is -5.04. The van der Waals surface area contributed by atoms with Gasteiger partial charge < -0.3 is 34.1 Å². The number of aliphatic hydroxyl groups excluding tert-OH is 1. The van der Waals surface area contributed by atoms with Gasteiger partial charge >= 0.3 is 11.7 Å². The minimum absolute atomic E-state index is 0.0722. The molecule has 0 bridgehead atoms. The van der Waals surface area contributed by atoms with Crippen LogP contribution in [-0.2, 0) is 29.4 Å². The summed E-state index contributed by atoms with van der Waals surface area (Å²) in [5.41, 5.74) is 0.622. The maximum atomic E-state index is 13.2. The fourth-order valence-corrected chi connectivity index (χ4v) is 6.20. The number of nitrogens with one attached hydrogen (secondary N) is 1. The molecule has 3 aromatic carbocycles. The second-order valence-corrected chi connectivity index (χ2v) is 11.7. The first-order chi connectivity index (χ1) is 23.7. The molecule has 1 aliphatic heterocycles. The van der Waals surface area contributed by atoms with Crippen molar-refractivity contribution in [3.63, 3.8) is 0 Å². The average molecular weight is 672 g/mol. The molecule has 1 aromatic heterocycles. The molecule has 4 atom stereocenters. The summed E-state index contributed by atoms with van der Waals surface area (Å²) in [6, 6.07) is 26.4. The third-order valence-electron chi connectivity index (χ3n) is 8.53. The number of rotatable bonds is 14. The topological polar surface area (TPSA) is 147 Å². The van der Waals surface area contributed by atoms with Crippen molar-refractivity contribution >= 4 is 17.7 Å². The molecule has 0 aliphatic carbocycles. The first-order valence-corrected chi connectivity index (χ1v) is 16.0. The molecule has 5 rings (SSSR count). The zero-order valence-electron chi connectivity index (χ0n) is 27.9. The molecule has 12 heteroatoms. The molecule has 0 saturated carbocycles. The monoisotopic (exact) mass is 671 g/mol. The van der Waals surface area contributed by atoms with E-state index in [0.29, 0.717) is 24.3 Å². The second-order valence-electron chi connectivity index (χ2n) is 11.7. The van der Waals surface area contributed by atoms with E-state index in [0.717, 1.165) is 16.7 Å². The quantitative estimate of drug-likeness (QED) is 0.112. The molecule has 49 heavy (non-hydrogen) atoms. The van der Waals surface area contributed by atoms with E-state index < -0.39 is 41.6 Å². The molecular formula is C37H41N3O9. The summed E-state index contributed by atoms with van der Waals surface area (Å²) in [5.74, 6) is 0.104. The maximum absolute atomic E-state index is 13.2. The Bertz CT molecular complexity index is 1710. The van der Waals surface area contributed by atoms with Crippen LogP contribution in [0.25, 0.3) is 0 Å². The van der Waals surface area contributed by atoms with Crippen LogP contribution < -0.4 is 20.5 Å². The zero-order valence-corrected chi connectivity index (χ0v) is 27.9. The lowest BCUT2D eigenvalue weighted by Crippen LogP contribution is -2.38. The number of carbonyl (C=O) groups is 2. The minimum atomic E-state index is -1.16. The number of esters is 1. The number of carbonyl (C=O) groups excluding carboxylic acids is 2. The summed E-state index contributed by atoms with van der Waals surface area (Å²) in [6.07, 6.45) is -0.582. The van der Waals surface area contributed by atoms with Crippen LogP contribution in [0.1, 0.15) is 49.6 Å². The molecule has 4 aromatic rings. The SMILES string of the molecule is COc1ccc(C(OC[C@H]2O[C@@H](n3ccc(NC(C)=O)nc3=O)[C@H](CCCOC(C)=O)[C@@H]2O)(c2ccccc2)c2ccc(OC)cc2)cc1. The first-order valence-electron chi connectivity index (χ1n) is 16.0.